The predicted octanol–water partition coefficient (Wildman–Crippen LogP) is 1.07. The number of hydrogen-bond acceptors (Lipinski definition) is 4. The molecule has 0 amide bonds. The van der Waals surface area contributed by atoms with E-state index in [0.717, 1.165) is 10.2 Å². The maximum absolute atomic E-state index is 5.39. The fourth-order valence-electron chi connectivity index (χ4n) is 1.05. The molecule has 0 aliphatic heterocycles. The smallest absolute Gasteiger partial charge is 0.239 e. The van der Waals surface area contributed by atoms with Crippen LogP contribution in [-0.2, 0) is 6.54 Å². The Hall–Kier alpha value is -1.43. The molecule has 14 heavy (non-hydrogen) atoms. The van der Waals surface area contributed by atoms with Crippen molar-refractivity contribution in [2.45, 2.75) is 6.54 Å². The van der Waals surface area contributed by atoms with Crippen molar-refractivity contribution in [3.63, 3.8) is 0 Å². The van der Waals surface area contributed by atoms with Gasteiger partial charge in [0, 0.05) is 10.7 Å². The number of halogens is 1. The Morgan fingerprint density at radius 3 is 2.79 bits per heavy atom. The summed E-state index contributed by atoms with van der Waals surface area (Å²) in [5.74, 6) is 0.280. The molecule has 0 aromatic carbocycles. The Morgan fingerprint density at radius 1 is 1.36 bits per heavy atom. The highest BCUT2D eigenvalue weighted by Crippen LogP contribution is 2.08. The maximum Gasteiger partial charge on any atom is 0.239 e. The van der Waals surface area contributed by atoms with Crippen molar-refractivity contribution < 1.29 is 0 Å². The molecule has 2 rings (SSSR count). The predicted molar refractivity (Wildman–Crippen MR) is 55.5 cm³/mol. The zero-order valence-electron chi connectivity index (χ0n) is 7.26. The minimum atomic E-state index is 0.280. The van der Waals surface area contributed by atoms with Crippen LogP contribution in [0.25, 0.3) is 0 Å². The van der Waals surface area contributed by atoms with Gasteiger partial charge >= 0.3 is 0 Å². The van der Waals surface area contributed by atoms with E-state index in [9.17, 15) is 0 Å². The first-order valence-electron chi connectivity index (χ1n) is 3.99. The van der Waals surface area contributed by atoms with E-state index >= 15 is 0 Å². The topological polar surface area (TPSA) is 69.6 Å². The third-order valence-corrected chi connectivity index (χ3v) is 2.14. The highest BCUT2D eigenvalue weighted by molar-refractivity contribution is 9.10. The zero-order chi connectivity index (χ0) is 9.97. The molecule has 0 unspecified atom stereocenters. The van der Waals surface area contributed by atoms with E-state index in [2.05, 4.69) is 31.0 Å². The van der Waals surface area contributed by atoms with Crippen LogP contribution in [0.2, 0.25) is 0 Å². The average molecular weight is 254 g/mol. The lowest BCUT2D eigenvalue weighted by Gasteiger charge is -1.99. The lowest BCUT2D eigenvalue weighted by atomic mass is 10.3. The number of rotatable bonds is 2. The molecule has 72 valence electrons. The summed E-state index contributed by atoms with van der Waals surface area (Å²) in [6, 6.07) is 3.85. The minimum absolute atomic E-state index is 0.280. The summed E-state index contributed by atoms with van der Waals surface area (Å²) < 4.78 is 2.60. The average Bonchev–Trinajstić information content (AvgIpc) is 2.56. The van der Waals surface area contributed by atoms with Crippen LogP contribution in [-0.4, -0.2) is 19.7 Å². The van der Waals surface area contributed by atoms with E-state index < -0.39 is 0 Å². The second-order valence-electron chi connectivity index (χ2n) is 2.77. The Bertz CT molecular complexity index is 422. The molecule has 6 heteroatoms. The third-order valence-electron chi connectivity index (χ3n) is 1.67. The van der Waals surface area contributed by atoms with Crippen LogP contribution in [0.15, 0.2) is 29.1 Å². The van der Waals surface area contributed by atoms with Crippen molar-refractivity contribution in [2.24, 2.45) is 0 Å². The van der Waals surface area contributed by atoms with Gasteiger partial charge in [-0.25, -0.2) is 9.67 Å². The van der Waals surface area contributed by atoms with E-state index in [-0.39, 0.29) is 5.95 Å². The standard InChI is InChI=1S/C8H8BrN5/c9-6-1-2-7(11-3-6)4-14-5-12-8(10)13-14/h1-3,5H,4H2,(H2,10,13). The Balaban J connectivity index is 2.15. The monoisotopic (exact) mass is 253 g/mol. The molecule has 0 aliphatic rings. The SMILES string of the molecule is Nc1ncn(Cc2ccc(Br)cn2)n1. The van der Waals surface area contributed by atoms with Crippen LogP contribution in [0.4, 0.5) is 5.95 Å². The number of nitrogens with zero attached hydrogens (tertiary/aromatic N) is 4. The second kappa shape index (κ2) is 3.75. The number of aromatic nitrogens is 4. The van der Waals surface area contributed by atoms with Crippen LogP contribution in [0, 0.1) is 0 Å². The van der Waals surface area contributed by atoms with E-state index in [1.165, 1.54) is 0 Å². The Morgan fingerprint density at radius 2 is 2.21 bits per heavy atom. The summed E-state index contributed by atoms with van der Waals surface area (Å²) in [6.45, 7) is 0.581. The van der Waals surface area contributed by atoms with Crippen LogP contribution in [0.1, 0.15) is 5.69 Å². The van der Waals surface area contributed by atoms with Crippen molar-refractivity contribution in [3.8, 4) is 0 Å². The van der Waals surface area contributed by atoms with Crippen molar-refractivity contribution >= 4 is 21.9 Å². The molecule has 0 radical (unpaired) electrons. The largest absolute Gasteiger partial charge is 0.367 e. The summed E-state index contributed by atoms with van der Waals surface area (Å²) in [7, 11) is 0. The molecule has 0 saturated heterocycles. The van der Waals surface area contributed by atoms with Gasteiger partial charge in [0.25, 0.3) is 0 Å². The van der Waals surface area contributed by atoms with Crippen molar-refractivity contribution in [2.75, 3.05) is 5.73 Å². The molecule has 2 N–H and O–H groups in total. The van der Waals surface area contributed by atoms with Gasteiger partial charge in [-0.2, -0.15) is 0 Å². The van der Waals surface area contributed by atoms with Gasteiger partial charge in [0.1, 0.15) is 6.33 Å². The van der Waals surface area contributed by atoms with Crippen molar-refractivity contribution in [1.82, 2.24) is 19.7 Å². The maximum atomic E-state index is 5.39. The van der Waals surface area contributed by atoms with Gasteiger partial charge in [-0.1, -0.05) is 0 Å². The minimum Gasteiger partial charge on any atom is -0.367 e. The van der Waals surface area contributed by atoms with Crippen LogP contribution >= 0.6 is 15.9 Å². The first-order chi connectivity index (χ1) is 6.74. The molecule has 0 atom stereocenters. The first kappa shape index (κ1) is 9.14. The molecule has 0 fully saturated rings. The van der Waals surface area contributed by atoms with Crippen molar-refractivity contribution in [1.29, 1.82) is 0 Å². The molecule has 5 nitrogen and oxygen atoms in total. The van der Waals surface area contributed by atoms with Crippen LogP contribution in [0.5, 0.6) is 0 Å². The fraction of sp³-hybridized carbons (Fsp3) is 0.125. The van der Waals surface area contributed by atoms with E-state index in [4.69, 9.17) is 5.73 Å². The van der Waals surface area contributed by atoms with Gasteiger partial charge < -0.3 is 5.73 Å². The number of pyridine rings is 1. The molecule has 0 aliphatic carbocycles. The highest BCUT2D eigenvalue weighted by atomic mass is 79.9. The number of nitrogen functional groups attached to an aromatic ring is 1. The fourth-order valence-corrected chi connectivity index (χ4v) is 1.29. The van der Waals surface area contributed by atoms with Gasteiger partial charge in [0.15, 0.2) is 0 Å². The number of hydrogen-bond donors (Lipinski definition) is 1. The summed E-state index contributed by atoms with van der Waals surface area (Å²) in [5.41, 5.74) is 6.30. The van der Waals surface area contributed by atoms with Crippen LogP contribution in [0.3, 0.4) is 0 Å². The third kappa shape index (κ3) is 2.08. The molecule has 2 heterocycles. The normalized spacial score (nSPS) is 10.4. The molecule has 0 saturated carbocycles. The highest BCUT2D eigenvalue weighted by Gasteiger charge is 1.98. The summed E-state index contributed by atoms with van der Waals surface area (Å²) in [6.07, 6.45) is 3.33. The number of anilines is 1. The van der Waals surface area contributed by atoms with Gasteiger partial charge in [0.05, 0.1) is 12.2 Å². The quantitative estimate of drug-likeness (QED) is 0.870. The molecular weight excluding hydrogens is 246 g/mol. The summed E-state index contributed by atoms with van der Waals surface area (Å²) >= 11 is 3.32. The van der Waals surface area contributed by atoms with Gasteiger partial charge in [-0.15, -0.1) is 5.10 Å². The molecule has 2 aromatic heterocycles. The van der Waals surface area contributed by atoms with E-state index in [1.54, 1.807) is 17.2 Å². The lowest BCUT2D eigenvalue weighted by molar-refractivity contribution is 0.673. The molecular formula is C8H8BrN5. The van der Waals surface area contributed by atoms with Crippen LogP contribution < -0.4 is 5.73 Å². The molecule has 2 aromatic rings. The van der Waals surface area contributed by atoms with E-state index in [0.29, 0.717) is 6.54 Å². The van der Waals surface area contributed by atoms with Gasteiger partial charge in [-0.3, -0.25) is 4.98 Å². The zero-order valence-corrected chi connectivity index (χ0v) is 8.85. The Kier molecular flexibility index (Phi) is 2.45. The molecule has 0 bridgehead atoms. The molecule has 0 spiro atoms. The van der Waals surface area contributed by atoms with Gasteiger partial charge in [0.2, 0.25) is 5.95 Å². The second-order valence-corrected chi connectivity index (χ2v) is 3.68. The number of nitrogens with two attached hydrogens (primary N) is 1. The van der Waals surface area contributed by atoms with E-state index in [1.807, 2.05) is 12.1 Å². The lowest BCUT2D eigenvalue weighted by Crippen LogP contribution is -2.02. The van der Waals surface area contributed by atoms with Crippen molar-refractivity contribution in [3.05, 3.63) is 34.8 Å². The van der Waals surface area contributed by atoms with Gasteiger partial charge in [-0.05, 0) is 28.1 Å². The Labute approximate surface area is 89.1 Å². The summed E-state index contributed by atoms with van der Waals surface area (Å²) in [5, 5.41) is 3.96. The summed E-state index contributed by atoms with van der Waals surface area (Å²) in [4.78, 5) is 8.03. The first-order valence-corrected chi connectivity index (χ1v) is 4.79.